The molecule has 0 aromatic heterocycles. The molecule has 1 heterocycles. The van der Waals surface area contributed by atoms with Gasteiger partial charge in [-0.15, -0.1) is 0 Å². The quantitative estimate of drug-likeness (QED) is 0.528. The Hall–Kier alpha value is -4.00. The molecule has 176 valence electrons. The average Bonchev–Trinajstić information content (AvgIpc) is 2.88. The van der Waals surface area contributed by atoms with E-state index in [1.54, 1.807) is 18.2 Å². The van der Waals surface area contributed by atoms with Gasteiger partial charge in [-0.3, -0.25) is 9.59 Å². The molecule has 2 amide bonds. The maximum Gasteiger partial charge on any atom is 0.313 e. The molecule has 2 N–H and O–H groups in total. The number of ether oxygens (including phenoxy) is 2. The van der Waals surface area contributed by atoms with Gasteiger partial charge in [0.15, 0.2) is 11.5 Å². The van der Waals surface area contributed by atoms with Crippen molar-refractivity contribution in [3.8, 4) is 11.5 Å². The van der Waals surface area contributed by atoms with E-state index in [1.807, 2.05) is 0 Å². The zero-order chi connectivity index (χ0) is 23.9. The summed E-state index contributed by atoms with van der Waals surface area (Å²) in [5.74, 6) is -0.398. The van der Waals surface area contributed by atoms with Crippen LogP contribution in [0.25, 0.3) is 0 Å². The number of hydrogen-bond acceptors (Lipinski definition) is 5. The van der Waals surface area contributed by atoms with Gasteiger partial charge in [-0.05, 0) is 53.8 Å². The van der Waals surface area contributed by atoms with Gasteiger partial charge in [0.05, 0.1) is 14.2 Å². The number of carbonyl (C=O) groups is 2. The zero-order valence-electron chi connectivity index (χ0n) is 19.5. The van der Waals surface area contributed by atoms with Crippen molar-refractivity contribution in [3.05, 3.63) is 83.4 Å². The minimum Gasteiger partial charge on any atom is -0.493 e. The molecule has 0 fully saturated rings. The van der Waals surface area contributed by atoms with E-state index < -0.39 is 11.8 Å². The van der Waals surface area contributed by atoms with E-state index in [4.69, 9.17) is 9.47 Å². The van der Waals surface area contributed by atoms with Crippen LogP contribution in [0.2, 0.25) is 0 Å². The number of amides is 2. The molecular formula is C27H29N3O4. The third-order valence-corrected chi connectivity index (χ3v) is 5.98. The second-order valence-electron chi connectivity index (χ2n) is 8.14. The maximum atomic E-state index is 12.2. The van der Waals surface area contributed by atoms with E-state index in [9.17, 15) is 9.59 Å². The molecule has 0 aliphatic carbocycles. The molecule has 0 saturated carbocycles. The molecule has 0 spiro atoms. The molecule has 4 rings (SSSR count). The van der Waals surface area contributed by atoms with E-state index in [0.717, 1.165) is 25.1 Å². The smallest absolute Gasteiger partial charge is 0.313 e. The molecule has 1 aliphatic heterocycles. The van der Waals surface area contributed by atoms with E-state index in [2.05, 4.69) is 64.1 Å². The summed E-state index contributed by atoms with van der Waals surface area (Å²) in [4.78, 5) is 26.8. The third kappa shape index (κ3) is 5.49. The van der Waals surface area contributed by atoms with Crippen LogP contribution < -0.4 is 25.0 Å². The first kappa shape index (κ1) is 23.2. The third-order valence-electron chi connectivity index (χ3n) is 5.98. The molecule has 7 nitrogen and oxygen atoms in total. The fourth-order valence-corrected chi connectivity index (χ4v) is 4.09. The SMILES string of the molecule is COc1ccc(NC(=O)C(=O)NCCc2ccc(N3CCc4ccccc4C3)cc2)cc1OC. The number of rotatable bonds is 7. The molecule has 0 unspecified atom stereocenters. The minimum absolute atomic E-state index is 0.370. The molecule has 7 heteroatoms. The van der Waals surface area contributed by atoms with Crippen LogP contribution in [0.5, 0.6) is 11.5 Å². The van der Waals surface area contributed by atoms with Gasteiger partial charge in [0.2, 0.25) is 0 Å². The highest BCUT2D eigenvalue weighted by atomic mass is 16.5. The summed E-state index contributed by atoms with van der Waals surface area (Å²) in [5, 5.41) is 5.25. The summed E-state index contributed by atoms with van der Waals surface area (Å²) < 4.78 is 10.4. The lowest BCUT2D eigenvalue weighted by Crippen LogP contribution is -2.36. The number of methoxy groups -OCH3 is 2. The van der Waals surface area contributed by atoms with Gasteiger partial charge < -0.3 is 25.0 Å². The topological polar surface area (TPSA) is 79.9 Å². The summed E-state index contributed by atoms with van der Waals surface area (Å²) in [7, 11) is 3.04. The monoisotopic (exact) mass is 459 g/mol. The molecule has 0 atom stereocenters. The molecule has 0 radical (unpaired) electrons. The van der Waals surface area contributed by atoms with Crippen LogP contribution in [-0.4, -0.2) is 39.1 Å². The average molecular weight is 460 g/mol. The van der Waals surface area contributed by atoms with Crippen molar-refractivity contribution in [1.82, 2.24) is 5.32 Å². The lowest BCUT2D eigenvalue weighted by molar-refractivity contribution is -0.136. The highest BCUT2D eigenvalue weighted by molar-refractivity contribution is 6.39. The molecule has 0 saturated heterocycles. The lowest BCUT2D eigenvalue weighted by Gasteiger charge is -2.30. The molecule has 3 aromatic carbocycles. The summed E-state index contributed by atoms with van der Waals surface area (Å²) in [6.45, 7) is 2.29. The van der Waals surface area contributed by atoms with Crippen LogP contribution in [0, 0.1) is 0 Å². The first-order valence-corrected chi connectivity index (χ1v) is 11.3. The number of nitrogens with zero attached hydrogens (tertiary/aromatic N) is 1. The van der Waals surface area contributed by atoms with Crippen molar-refractivity contribution in [2.45, 2.75) is 19.4 Å². The second-order valence-corrected chi connectivity index (χ2v) is 8.14. The number of anilines is 2. The van der Waals surface area contributed by atoms with Crippen molar-refractivity contribution < 1.29 is 19.1 Å². The van der Waals surface area contributed by atoms with Gasteiger partial charge in [-0.1, -0.05) is 36.4 Å². The van der Waals surface area contributed by atoms with E-state index in [0.29, 0.717) is 30.2 Å². The molecule has 3 aromatic rings. The summed E-state index contributed by atoms with van der Waals surface area (Å²) in [5.41, 5.74) is 5.56. The predicted octanol–water partition coefficient (Wildman–Crippen LogP) is 3.56. The van der Waals surface area contributed by atoms with Gasteiger partial charge in [-0.25, -0.2) is 0 Å². The Labute approximate surface area is 199 Å². The van der Waals surface area contributed by atoms with Crippen LogP contribution in [0.1, 0.15) is 16.7 Å². The van der Waals surface area contributed by atoms with Crippen molar-refractivity contribution in [3.63, 3.8) is 0 Å². The minimum atomic E-state index is -0.729. The van der Waals surface area contributed by atoms with Crippen molar-refractivity contribution >= 4 is 23.2 Å². The fourth-order valence-electron chi connectivity index (χ4n) is 4.09. The van der Waals surface area contributed by atoms with Crippen LogP contribution in [-0.2, 0) is 29.0 Å². The van der Waals surface area contributed by atoms with E-state index in [-0.39, 0.29) is 0 Å². The second kappa shape index (κ2) is 10.7. The van der Waals surface area contributed by atoms with Crippen molar-refractivity contribution in [1.29, 1.82) is 0 Å². The highest BCUT2D eigenvalue weighted by Crippen LogP contribution is 2.29. The van der Waals surface area contributed by atoms with Crippen LogP contribution in [0.3, 0.4) is 0 Å². The first-order valence-electron chi connectivity index (χ1n) is 11.3. The summed E-state index contributed by atoms with van der Waals surface area (Å²) >= 11 is 0. The number of carbonyl (C=O) groups excluding carboxylic acids is 2. The fraction of sp³-hybridized carbons (Fsp3) is 0.259. The van der Waals surface area contributed by atoms with Gasteiger partial charge in [-0.2, -0.15) is 0 Å². The number of fused-ring (bicyclic) bond motifs is 1. The summed E-state index contributed by atoms with van der Waals surface area (Å²) in [6.07, 6.45) is 1.69. The van der Waals surface area contributed by atoms with Crippen molar-refractivity contribution in [2.75, 3.05) is 37.5 Å². The van der Waals surface area contributed by atoms with Gasteiger partial charge in [0, 0.05) is 37.1 Å². The Morgan fingerprint density at radius 2 is 1.62 bits per heavy atom. The number of hydrogen-bond donors (Lipinski definition) is 2. The Kier molecular flexibility index (Phi) is 7.32. The molecular weight excluding hydrogens is 430 g/mol. The van der Waals surface area contributed by atoms with Gasteiger partial charge in [0.25, 0.3) is 0 Å². The van der Waals surface area contributed by atoms with E-state index in [1.165, 1.54) is 31.0 Å². The van der Waals surface area contributed by atoms with Gasteiger partial charge >= 0.3 is 11.8 Å². The van der Waals surface area contributed by atoms with Gasteiger partial charge in [0.1, 0.15) is 0 Å². The maximum absolute atomic E-state index is 12.2. The Balaban J connectivity index is 1.25. The standard InChI is InChI=1S/C27H29N3O4/c1-33-24-12-9-22(17-25(24)34-2)29-27(32)26(31)28-15-13-19-7-10-23(11-8-19)30-16-14-20-5-3-4-6-21(20)18-30/h3-12,17H,13-16,18H2,1-2H3,(H,28,31)(H,29,32). The Morgan fingerprint density at radius 3 is 2.35 bits per heavy atom. The zero-order valence-corrected chi connectivity index (χ0v) is 19.5. The lowest BCUT2D eigenvalue weighted by atomic mass is 9.99. The molecule has 1 aliphatic rings. The van der Waals surface area contributed by atoms with Crippen LogP contribution in [0.15, 0.2) is 66.7 Å². The molecule has 0 bridgehead atoms. The van der Waals surface area contributed by atoms with Crippen molar-refractivity contribution in [2.24, 2.45) is 0 Å². The van der Waals surface area contributed by atoms with Crippen LogP contribution >= 0.6 is 0 Å². The Morgan fingerprint density at radius 1 is 0.882 bits per heavy atom. The largest absolute Gasteiger partial charge is 0.493 e. The summed E-state index contributed by atoms with van der Waals surface area (Å²) in [6, 6.07) is 21.9. The van der Waals surface area contributed by atoms with Crippen LogP contribution in [0.4, 0.5) is 11.4 Å². The normalized spacial score (nSPS) is 12.5. The highest BCUT2D eigenvalue weighted by Gasteiger charge is 2.17. The first-order chi connectivity index (χ1) is 16.6. The number of benzene rings is 3. The predicted molar refractivity (Wildman–Crippen MR) is 133 cm³/mol. The van der Waals surface area contributed by atoms with E-state index >= 15 is 0 Å². The number of nitrogens with one attached hydrogen (secondary N) is 2. The molecule has 34 heavy (non-hydrogen) atoms. The Bertz CT molecular complexity index is 1160.